The maximum atomic E-state index is 11.1. The van der Waals surface area contributed by atoms with Gasteiger partial charge in [0.2, 0.25) is 20.3 Å². The van der Waals surface area contributed by atoms with Crippen LogP contribution in [-0.2, 0) is 9.84 Å². The van der Waals surface area contributed by atoms with Crippen molar-refractivity contribution < 1.29 is 13.5 Å². The molecule has 8 heteroatoms. The highest BCUT2D eigenvalue weighted by atomic mass is 35.5. The van der Waals surface area contributed by atoms with E-state index >= 15 is 0 Å². The van der Waals surface area contributed by atoms with Gasteiger partial charge in [-0.05, 0) is 11.6 Å². The molecule has 0 aromatic carbocycles. The molecule has 1 heterocycles. The molecule has 0 fully saturated rings. The lowest BCUT2D eigenvalue weighted by atomic mass is 10.9. The van der Waals surface area contributed by atoms with E-state index in [9.17, 15) is 8.42 Å². The largest absolute Gasteiger partial charge is 0.395 e. The third-order valence-electron chi connectivity index (χ3n) is 1.09. The van der Waals surface area contributed by atoms with Crippen molar-refractivity contribution in [2.45, 2.75) is 5.16 Å². The summed E-state index contributed by atoms with van der Waals surface area (Å²) in [5.74, 6) is -0.390. The van der Waals surface area contributed by atoms with E-state index in [2.05, 4.69) is 15.2 Å². The average molecular weight is 212 g/mol. The molecule has 0 saturated carbocycles. The molecule has 12 heavy (non-hydrogen) atoms. The van der Waals surface area contributed by atoms with Crippen molar-refractivity contribution in [1.29, 1.82) is 0 Å². The van der Waals surface area contributed by atoms with Gasteiger partial charge in [-0.2, -0.15) is 4.98 Å². The summed E-state index contributed by atoms with van der Waals surface area (Å²) < 4.78 is 22.2. The van der Waals surface area contributed by atoms with Crippen molar-refractivity contribution in [3.8, 4) is 0 Å². The van der Waals surface area contributed by atoms with Crippen LogP contribution in [0, 0.1) is 0 Å². The number of aliphatic hydroxyl groups is 1. The SMILES string of the molecule is O=S(=O)(CCO)c1nc(Cl)n[nH]1. The molecule has 0 saturated heterocycles. The molecule has 0 spiro atoms. The number of aromatic nitrogens is 3. The topological polar surface area (TPSA) is 95.9 Å². The Morgan fingerprint density at radius 3 is 2.67 bits per heavy atom. The van der Waals surface area contributed by atoms with Crippen molar-refractivity contribution >= 4 is 21.4 Å². The minimum absolute atomic E-state index is 0.161. The highest BCUT2D eigenvalue weighted by Crippen LogP contribution is 2.06. The number of nitrogens with one attached hydrogen (secondary N) is 1. The van der Waals surface area contributed by atoms with Crippen LogP contribution in [0.25, 0.3) is 0 Å². The molecule has 1 aromatic heterocycles. The Balaban J connectivity index is 2.98. The summed E-state index contributed by atoms with van der Waals surface area (Å²) in [5.41, 5.74) is 0. The van der Waals surface area contributed by atoms with Crippen LogP contribution >= 0.6 is 11.6 Å². The van der Waals surface area contributed by atoms with Gasteiger partial charge in [-0.15, -0.1) is 5.10 Å². The number of H-pyrrole nitrogens is 1. The average Bonchev–Trinajstić information content (AvgIpc) is 2.36. The summed E-state index contributed by atoms with van der Waals surface area (Å²) in [7, 11) is -3.55. The standard InChI is InChI=1S/C4H6ClN3O3S/c5-3-6-4(8-7-3)12(10,11)2-1-9/h9H,1-2H2,(H,6,7,8). The minimum atomic E-state index is -3.55. The molecule has 0 atom stereocenters. The van der Waals surface area contributed by atoms with E-state index in [4.69, 9.17) is 16.7 Å². The summed E-state index contributed by atoms with van der Waals surface area (Å²) in [6.45, 7) is -0.458. The van der Waals surface area contributed by atoms with Crippen molar-refractivity contribution in [2.24, 2.45) is 0 Å². The van der Waals surface area contributed by atoms with E-state index in [1.165, 1.54) is 0 Å². The van der Waals surface area contributed by atoms with Crippen molar-refractivity contribution in [1.82, 2.24) is 15.2 Å². The van der Waals surface area contributed by atoms with Gasteiger partial charge in [0.25, 0.3) is 0 Å². The summed E-state index contributed by atoms with van der Waals surface area (Å²) in [5, 5.41) is 13.4. The quantitative estimate of drug-likeness (QED) is 0.684. The van der Waals surface area contributed by atoms with Gasteiger partial charge in [0, 0.05) is 0 Å². The zero-order valence-electron chi connectivity index (χ0n) is 5.86. The number of rotatable bonds is 3. The van der Waals surface area contributed by atoms with E-state index in [0.717, 1.165) is 0 Å². The number of aromatic amines is 1. The Hall–Kier alpha value is -0.660. The van der Waals surface area contributed by atoms with Gasteiger partial charge < -0.3 is 5.11 Å². The molecular weight excluding hydrogens is 206 g/mol. The summed E-state index contributed by atoms with van der Waals surface area (Å²) in [6.07, 6.45) is 0. The van der Waals surface area contributed by atoms with Crippen LogP contribution < -0.4 is 0 Å². The van der Waals surface area contributed by atoms with Gasteiger partial charge >= 0.3 is 0 Å². The number of nitrogens with zero attached hydrogens (tertiary/aromatic N) is 2. The number of aliphatic hydroxyl groups excluding tert-OH is 1. The molecule has 1 aromatic rings. The van der Waals surface area contributed by atoms with E-state index in [1.54, 1.807) is 0 Å². The maximum Gasteiger partial charge on any atom is 0.244 e. The third-order valence-corrected chi connectivity index (χ3v) is 2.75. The van der Waals surface area contributed by atoms with Gasteiger partial charge in [-0.3, -0.25) is 0 Å². The van der Waals surface area contributed by atoms with Crippen LogP contribution in [0.5, 0.6) is 0 Å². The normalized spacial score (nSPS) is 11.8. The van der Waals surface area contributed by atoms with Crippen molar-refractivity contribution in [2.75, 3.05) is 12.4 Å². The van der Waals surface area contributed by atoms with Crippen LogP contribution in [0.4, 0.5) is 0 Å². The number of hydrogen-bond donors (Lipinski definition) is 2. The minimum Gasteiger partial charge on any atom is -0.395 e. The Bertz CT molecular complexity index is 359. The fourth-order valence-corrected chi connectivity index (χ4v) is 1.60. The monoisotopic (exact) mass is 211 g/mol. The first-order chi connectivity index (χ1) is 5.56. The summed E-state index contributed by atoms with van der Waals surface area (Å²) >= 11 is 5.29. The summed E-state index contributed by atoms with van der Waals surface area (Å²) in [4.78, 5) is 3.40. The zero-order valence-corrected chi connectivity index (χ0v) is 7.43. The van der Waals surface area contributed by atoms with Gasteiger partial charge in [-0.1, -0.05) is 0 Å². The van der Waals surface area contributed by atoms with Crippen LogP contribution in [0.15, 0.2) is 5.16 Å². The second-order valence-corrected chi connectivity index (χ2v) is 4.31. The van der Waals surface area contributed by atoms with Gasteiger partial charge in [-0.25, -0.2) is 13.5 Å². The molecule has 0 bridgehead atoms. The smallest absolute Gasteiger partial charge is 0.244 e. The Morgan fingerprint density at radius 1 is 1.58 bits per heavy atom. The molecule has 6 nitrogen and oxygen atoms in total. The molecule has 68 valence electrons. The van der Waals surface area contributed by atoms with Crippen LogP contribution in [0.2, 0.25) is 5.28 Å². The second kappa shape index (κ2) is 3.38. The second-order valence-electron chi connectivity index (χ2n) is 1.95. The van der Waals surface area contributed by atoms with E-state index in [-0.39, 0.29) is 10.4 Å². The van der Waals surface area contributed by atoms with Crippen LogP contribution in [0.3, 0.4) is 0 Å². The molecule has 0 radical (unpaired) electrons. The lowest BCUT2D eigenvalue weighted by molar-refractivity contribution is 0.319. The Labute approximate surface area is 73.5 Å². The molecule has 0 aliphatic rings. The van der Waals surface area contributed by atoms with Gasteiger partial charge in [0.1, 0.15) is 0 Å². The van der Waals surface area contributed by atoms with E-state index in [1.807, 2.05) is 0 Å². The maximum absolute atomic E-state index is 11.1. The van der Waals surface area contributed by atoms with Gasteiger partial charge in [0.05, 0.1) is 12.4 Å². The highest BCUT2D eigenvalue weighted by molar-refractivity contribution is 7.91. The van der Waals surface area contributed by atoms with Gasteiger partial charge in [0.15, 0.2) is 0 Å². The first-order valence-corrected chi connectivity index (χ1v) is 5.01. The van der Waals surface area contributed by atoms with Crippen LogP contribution in [-0.4, -0.2) is 41.1 Å². The number of sulfone groups is 1. The fourth-order valence-electron chi connectivity index (χ4n) is 0.584. The molecular formula is C4H6ClN3O3S. The van der Waals surface area contributed by atoms with Crippen LogP contribution in [0.1, 0.15) is 0 Å². The van der Waals surface area contributed by atoms with Crippen molar-refractivity contribution in [3.05, 3.63) is 5.28 Å². The molecule has 0 aliphatic carbocycles. The van der Waals surface area contributed by atoms with E-state index < -0.39 is 22.2 Å². The molecule has 0 amide bonds. The first-order valence-electron chi connectivity index (χ1n) is 2.98. The lowest BCUT2D eigenvalue weighted by Gasteiger charge is -1.94. The molecule has 2 N–H and O–H groups in total. The third kappa shape index (κ3) is 1.93. The number of halogens is 1. The zero-order chi connectivity index (χ0) is 9.19. The molecule has 0 aliphatic heterocycles. The predicted octanol–water partition coefficient (Wildman–Crippen LogP) is -0.776. The Morgan fingerprint density at radius 2 is 2.25 bits per heavy atom. The first kappa shape index (κ1) is 9.43. The summed E-state index contributed by atoms with van der Waals surface area (Å²) in [6, 6.07) is 0. The Kier molecular flexibility index (Phi) is 2.65. The molecule has 1 rings (SSSR count). The number of hydrogen-bond acceptors (Lipinski definition) is 5. The molecule has 0 unspecified atom stereocenters. The fraction of sp³-hybridized carbons (Fsp3) is 0.500. The van der Waals surface area contributed by atoms with Crippen molar-refractivity contribution in [3.63, 3.8) is 0 Å². The highest BCUT2D eigenvalue weighted by Gasteiger charge is 2.17. The predicted molar refractivity (Wildman–Crippen MR) is 40.5 cm³/mol. The van der Waals surface area contributed by atoms with E-state index in [0.29, 0.717) is 0 Å². The lowest BCUT2D eigenvalue weighted by Crippen LogP contribution is -2.11.